The topological polar surface area (TPSA) is 91.3 Å². The van der Waals surface area contributed by atoms with Gasteiger partial charge in [0.05, 0.1) is 17.8 Å². The average Bonchev–Trinajstić information content (AvgIpc) is 2.67. The van der Waals surface area contributed by atoms with Crippen molar-refractivity contribution in [3.8, 4) is 0 Å². The zero-order valence-corrected chi connectivity index (χ0v) is 12.1. The number of carboxylic acid groups (broad SMARTS) is 1. The smallest absolute Gasteiger partial charge is 0.319 e. The minimum atomic E-state index is -0.834. The molecule has 2 unspecified atom stereocenters. The summed E-state index contributed by atoms with van der Waals surface area (Å²) in [5, 5.41) is 14.8. The Bertz CT molecular complexity index is 519. The molecule has 0 aliphatic heterocycles. The molecule has 1 fully saturated rings. The summed E-state index contributed by atoms with van der Waals surface area (Å²) in [6.45, 7) is 1.88. The molecule has 3 N–H and O–H groups in total. The van der Waals surface area contributed by atoms with Crippen LogP contribution in [0.3, 0.4) is 0 Å². The second kappa shape index (κ2) is 7.06. The van der Waals surface area contributed by atoms with Crippen LogP contribution < -0.4 is 10.6 Å². The van der Waals surface area contributed by atoms with E-state index in [1.165, 1.54) is 0 Å². The summed E-state index contributed by atoms with van der Waals surface area (Å²) in [4.78, 5) is 27.4. The summed E-state index contributed by atoms with van der Waals surface area (Å²) in [5.74, 6) is -1.34. The van der Waals surface area contributed by atoms with Crippen LogP contribution in [-0.2, 0) is 4.79 Å². The van der Waals surface area contributed by atoms with Gasteiger partial charge in [-0.3, -0.25) is 9.78 Å². The number of aryl methyl sites for hydroxylation is 1. The van der Waals surface area contributed by atoms with E-state index in [2.05, 4.69) is 15.6 Å². The lowest BCUT2D eigenvalue weighted by Crippen LogP contribution is -2.44. The monoisotopic (exact) mass is 291 g/mol. The second-order valence-corrected chi connectivity index (χ2v) is 5.48. The van der Waals surface area contributed by atoms with E-state index >= 15 is 0 Å². The summed E-state index contributed by atoms with van der Waals surface area (Å²) >= 11 is 0. The number of aromatic nitrogens is 1. The molecule has 2 atom stereocenters. The molecule has 2 amide bonds. The van der Waals surface area contributed by atoms with Gasteiger partial charge in [-0.2, -0.15) is 0 Å². The molecule has 1 heterocycles. The van der Waals surface area contributed by atoms with Crippen molar-refractivity contribution >= 4 is 17.7 Å². The Morgan fingerprint density at radius 3 is 2.76 bits per heavy atom. The number of anilines is 1. The lowest BCUT2D eigenvalue weighted by atomic mass is 9.95. The van der Waals surface area contributed by atoms with Crippen LogP contribution in [0.25, 0.3) is 0 Å². The highest BCUT2D eigenvalue weighted by Crippen LogP contribution is 2.24. The molecule has 1 saturated carbocycles. The third kappa shape index (κ3) is 4.18. The van der Waals surface area contributed by atoms with Gasteiger partial charge in [0.15, 0.2) is 0 Å². The number of carboxylic acids is 1. The summed E-state index contributed by atoms with van der Waals surface area (Å²) in [6, 6.07) is 1.12. The lowest BCUT2D eigenvalue weighted by Gasteiger charge is -2.23. The summed E-state index contributed by atoms with van der Waals surface area (Å²) < 4.78 is 0. The van der Waals surface area contributed by atoms with Crippen LogP contribution in [0.2, 0.25) is 0 Å². The molecule has 1 aromatic heterocycles. The van der Waals surface area contributed by atoms with Gasteiger partial charge in [0.25, 0.3) is 0 Å². The number of nitrogens with zero attached hydrogens (tertiary/aromatic N) is 1. The third-order valence-corrected chi connectivity index (χ3v) is 3.94. The number of hydrogen-bond acceptors (Lipinski definition) is 3. The molecule has 6 heteroatoms. The SMILES string of the molecule is Cc1ccncc1NC(=O)NC1CCCCCC1C(=O)O. The Balaban J connectivity index is 2.00. The van der Waals surface area contributed by atoms with E-state index in [1.807, 2.05) is 6.92 Å². The maximum atomic E-state index is 12.1. The van der Waals surface area contributed by atoms with E-state index in [-0.39, 0.29) is 12.1 Å². The molecule has 0 bridgehead atoms. The number of carbonyl (C=O) groups excluding carboxylic acids is 1. The first-order chi connectivity index (χ1) is 10.1. The highest BCUT2D eigenvalue weighted by molar-refractivity contribution is 5.90. The fourth-order valence-corrected chi connectivity index (χ4v) is 2.70. The zero-order valence-electron chi connectivity index (χ0n) is 12.1. The maximum Gasteiger partial charge on any atom is 0.319 e. The number of carbonyl (C=O) groups is 2. The molecule has 1 aliphatic rings. The van der Waals surface area contributed by atoms with E-state index in [9.17, 15) is 14.7 Å². The predicted octanol–water partition coefficient (Wildman–Crippen LogP) is 2.55. The molecular weight excluding hydrogens is 270 g/mol. The largest absolute Gasteiger partial charge is 0.481 e. The van der Waals surface area contributed by atoms with Crippen molar-refractivity contribution in [2.75, 3.05) is 5.32 Å². The third-order valence-electron chi connectivity index (χ3n) is 3.94. The van der Waals surface area contributed by atoms with Crippen molar-refractivity contribution in [2.45, 2.75) is 45.1 Å². The molecule has 1 aromatic rings. The highest BCUT2D eigenvalue weighted by atomic mass is 16.4. The number of urea groups is 1. The molecule has 0 spiro atoms. The molecule has 114 valence electrons. The summed E-state index contributed by atoms with van der Waals surface area (Å²) in [7, 11) is 0. The molecule has 0 saturated heterocycles. The van der Waals surface area contributed by atoms with E-state index in [0.29, 0.717) is 18.5 Å². The normalized spacial score (nSPS) is 22.1. The first-order valence-electron chi connectivity index (χ1n) is 7.29. The molecule has 0 aromatic carbocycles. The van der Waals surface area contributed by atoms with Crippen molar-refractivity contribution < 1.29 is 14.7 Å². The van der Waals surface area contributed by atoms with Crippen LogP contribution in [0.5, 0.6) is 0 Å². The fraction of sp³-hybridized carbons (Fsp3) is 0.533. The highest BCUT2D eigenvalue weighted by Gasteiger charge is 2.30. The van der Waals surface area contributed by atoms with Crippen molar-refractivity contribution in [1.82, 2.24) is 10.3 Å². The van der Waals surface area contributed by atoms with Crippen LogP contribution in [0, 0.1) is 12.8 Å². The van der Waals surface area contributed by atoms with Gasteiger partial charge in [0.2, 0.25) is 0 Å². The summed E-state index contributed by atoms with van der Waals surface area (Å²) in [5.41, 5.74) is 1.55. The van der Waals surface area contributed by atoms with Crippen LogP contribution in [0.1, 0.15) is 37.7 Å². The van der Waals surface area contributed by atoms with Crippen molar-refractivity contribution in [3.05, 3.63) is 24.0 Å². The minimum Gasteiger partial charge on any atom is -0.481 e. The Morgan fingerprint density at radius 2 is 2.05 bits per heavy atom. The number of nitrogens with one attached hydrogen (secondary N) is 2. The van der Waals surface area contributed by atoms with Gasteiger partial charge in [0.1, 0.15) is 0 Å². The fourth-order valence-electron chi connectivity index (χ4n) is 2.70. The van der Waals surface area contributed by atoms with Gasteiger partial charge >= 0.3 is 12.0 Å². The van der Waals surface area contributed by atoms with Gasteiger partial charge in [-0.15, -0.1) is 0 Å². The Hall–Kier alpha value is -2.11. The van der Waals surface area contributed by atoms with Gasteiger partial charge in [-0.1, -0.05) is 19.3 Å². The van der Waals surface area contributed by atoms with Gasteiger partial charge in [0, 0.05) is 12.2 Å². The van der Waals surface area contributed by atoms with E-state index in [4.69, 9.17) is 0 Å². The van der Waals surface area contributed by atoms with E-state index in [1.54, 1.807) is 18.5 Å². The molecule has 6 nitrogen and oxygen atoms in total. The lowest BCUT2D eigenvalue weighted by molar-refractivity contribution is -0.142. The molecular formula is C15H21N3O3. The average molecular weight is 291 g/mol. The number of rotatable bonds is 3. The molecule has 1 aliphatic carbocycles. The Labute approximate surface area is 124 Å². The first kappa shape index (κ1) is 15.3. The zero-order chi connectivity index (χ0) is 15.2. The van der Waals surface area contributed by atoms with Gasteiger partial charge in [-0.05, 0) is 31.4 Å². The number of amides is 2. The van der Waals surface area contributed by atoms with E-state index < -0.39 is 11.9 Å². The number of hydrogen-bond donors (Lipinski definition) is 3. The van der Waals surface area contributed by atoms with Crippen LogP contribution in [-0.4, -0.2) is 28.1 Å². The molecule has 2 rings (SSSR count). The van der Waals surface area contributed by atoms with Gasteiger partial charge < -0.3 is 15.7 Å². The standard InChI is InChI=1S/C15H21N3O3/c1-10-7-8-16-9-13(10)18-15(21)17-12-6-4-2-3-5-11(12)14(19)20/h7-9,11-12H,2-6H2,1H3,(H,19,20)(H2,17,18,21). The van der Waals surface area contributed by atoms with Crippen LogP contribution in [0.15, 0.2) is 18.5 Å². The van der Waals surface area contributed by atoms with Crippen LogP contribution >= 0.6 is 0 Å². The van der Waals surface area contributed by atoms with Crippen LogP contribution in [0.4, 0.5) is 10.5 Å². The van der Waals surface area contributed by atoms with Crippen molar-refractivity contribution in [3.63, 3.8) is 0 Å². The van der Waals surface area contributed by atoms with Crippen molar-refractivity contribution in [1.29, 1.82) is 0 Å². The Kier molecular flexibility index (Phi) is 5.14. The first-order valence-corrected chi connectivity index (χ1v) is 7.29. The quantitative estimate of drug-likeness (QED) is 0.746. The van der Waals surface area contributed by atoms with Crippen molar-refractivity contribution in [2.24, 2.45) is 5.92 Å². The Morgan fingerprint density at radius 1 is 1.29 bits per heavy atom. The predicted molar refractivity (Wildman–Crippen MR) is 79.1 cm³/mol. The van der Waals surface area contributed by atoms with Gasteiger partial charge in [-0.25, -0.2) is 4.79 Å². The maximum absolute atomic E-state index is 12.1. The second-order valence-electron chi connectivity index (χ2n) is 5.48. The molecule has 0 radical (unpaired) electrons. The summed E-state index contributed by atoms with van der Waals surface area (Å²) in [6.07, 6.45) is 7.42. The number of aliphatic carboxylic acids is 1. The minimum absolute atomic E-state index is 0.318. The van der Waals surface area contributed by atoms with E-state index in [0.717, 1.165) is 24.8 Å². The number of pyridine rings is 1. The molecule has 21 heavy (non-hydrogen) atoms.